The lowest BCUT2D eigenvalue weighted by Gasteiger charge is -2.38. The van der Waals surface area contributed by atoms with Crippen molar-refractivity contribution in [1.29, 1.82) is 0 Å². The first-order valence-electron chi connectivity index (χ1n) is 7.10. The van der Waals surface area contributed by atoms with Crippen molar-refractivity contribution in [3.8, 4) is 0 Å². The first-order valence-corrected chi connectivity index (χ1v) is 7.51. The molecule has 0 saturated carbocycles. The highest BCUT2D eigenvalue weighted by molar-refractivity contribution is 7.80. The number of anilines is 1. The lowest BCUT2D eigenvalue weighted by Crippen LogP contribution is -2.40. The normalized spacial score (nSPS) is 19.1. The molecule has 0 aliphatic carbocycles. The van der Waals surface area contributed by atoms with Gasteiger partial charge in [-0.25, -0.2) is 8.78 Å². The Morgan fingerprint density at radius 1 is 1.35 bits per heavy atom. The van der Waals surface area contributed by atoms with Gasteiger partial charge in [0.25, 0.3) is 0 Å². The van der Waals surface area contributed by atoms with E-state index in [0.717, 1.165) is 38.6 Å². The molecule has 2 N–H and O–H groups in total. The van der Waals surface area contributed by atoms with Gasteiger partial charge >= 0.3 is 0 Å². The fourth-order valence-corrected chi connectivity index (χ4v) is 3.06. The summed E-state index contributed by atoms with van der Waals surface area (Å²) in [4.78, 5) is 1.88. The summed E-state index contributed by atoms with van der Waals surface area (Å²) in [5.41, 5.74) is 5.71. The number of nitrogens with zero attached hydrogens (tertiary/aromatic N) is 1. The lowest BCUT2D eigenvalue weighted by atomic mass is 9.97. The van der Waals surface area contributed by atoms with Crippen molar-refractivity contribution in [2.24, 2.45) is 5.73 Å². The molecule has 2 rings (SSSR count). The van der Waals surface area contributed by atoms with E-state index >= 15 is 0 Å². The van der Waals surface area contributed by atoms with Crippen LogP contribution >= 0.6 is 12.2 Å². The average molecular weight is 298 g/mol. The average Bonchev–Trinajstić information content (AvgIpc) is 2.43. The number of hydrogen-bond acceptors (Lipinski definition) is 2. The van der Waals surface area contributed by atoms with Crippen LogP contribution in [-0.4, -0.2) is 17.6 Å². The molecule has 0 spiro atoms. The molecule has 1 aromatic carbocycles. The van der Waals surface area contributed by atoms with Crippen molar-refractivity contribution in [3.05, 3.63) is 29.3 Å². The Morgan fingerprint density at radius 3 is 2.75 bits per heavy atom. The number of rotatable bonds is 4. The van der Waals surface area contributed by atoms with Crippen molar-refractivity contribution in [2.75, 3.05) is 11.4 Å². The van der Waals surface area contributed by atoms with E-state index in [4.69, 9.17) is 18.0 Å². The van der Waals surface area contributed by atoms with Crippen LogP contribution in [0.4, 0.5) is 14.5 Å². The zero-order chi connectivity index (χ0) is 14.7. The molecule has 0 bridgehead atoms. The number of nitrogens with two attached hydrogens (primary N) is 1. The second-order valence-corrected chi connectivity index (χ2v) is 5.70. The molecule has 1 unspecified atom stereocenters. The van der Waals surface area contributed by atoms with Gasteiger partial charge in [-0.15, -0.1) is 0 Å². The van der Waals surface area contributed by atoms with Gasteiger partial charge in [0.2, 0.25) is 0 Å². The monoisotopic (exact) mass is 298 g/mol. The summed E-state index contributed by atoms with van der Waals surface area (Å²) in [5.74, 6) is -1.77. The van der Waals surface area contributed by atoms with Crippen LogP contribution < -0.4 is 10.6 Å². The molecule has 110 valence electrons. The minimum absolute atomic E-state index is 0.0229. The van der Waals surface area contributed by atoms with Gasteiger partial charge in [-0.2, -0.15) is 0 Å². The predicted octanol–water partition coefficient (Wildman–Crippen LogP) is 3.76. The maximum atomic E-state index is 14.3. The molecule has 1 fully saturated rings. The first-order chi connectivity index (χ1) is 9.56. The second kappa shape index (κ2) is 6.48. The summed E-state index contributed by atoms with van der Waals surface area (Å²) in [5, 5.41) is 0. The summed E-state index contributed by atoms with van der Waals surface area (Å²) in [6.07, 6.45) is 5.23. The molecule has 1 aliphatic rings. The fraction of sp³-hybridized carbons (Fsp3) is 0.533. The highest BCUT2D eigenvalue weighted by Crippen LogP contribution is 2.31. The minimum atomic E-state index is -0.934. The zero-order valence-corrected chi connectivity index (χ0v) is 12.5. The second-order valence-electron chi connectivity index (χ2n) is 5.26. The van der Waals surface area contributed by atoms with Gasteiger partial charge in [0.15, 0.2) is 11.6 Å². The summed E-state index contributed by atoms with van der Waals surface area (Å²) in [6, 6.07) is 3.37. The van der Waals surface area contributed by atoms with Crippen LogP contribution in [0.5, 0.6) is 0 Å². The van der Waals surface area contributed by atoms with Crippen LogP contribution in [0.2, 0.25) is 0 Å². The molecule has 1 saturated heterocycles. The van der Waals surface area contributed by atoms with Gasteiger partial charge in [-0.3, -0.25) is 0 Å². The Morgan fingerprint density at radius 2 is 2.10 bits per heavy atom. The van der Waals surface area contributed by atoms with Crippen molar-refractivity contribution >= 4 is 22.9 Å². The molecular formula is C15H20F2N2S. The highest BCUT2D eigenvalue weighted by Gasteiger charge is 2.26. The van der Waals surface area contributed by atoms with E-state index in [-0.39, 0.29) is 10.6 Å². The summed E-state index contributed by atoms with van der Waals surface area (Å²) < 4.78 is 28.3. The van der Waals surface area contributed by atoms with Gasteiger partial charge in [-0.05, 0) is 37.8 Å². The van der Waals surface area contributed by atoms with Gasteiger partial charge in [-0.1, -0.05) is 25.6 Å². The van der Waals surface area contributed by atoms with Gasteiger partial charge in [0, 0.05) is 18.2 Å². The Kier molecular flexibility index (Phi) is 4.91. The number of benzene rings is 1. The predicted molar refractivity (Wildman–Crippen MR) is 82.1 cm³/mol. The Balaban J connectivity index is 2.36. The van der Waals surface area contributed by atoms with Crippen LogP contribution in [0.3, 0.4) is 0 Å². The molecule has 1 atom stereocenters. The van der Waals surface area contributed by atoms with Crippen molar-refractivity contribution in [2.45, 2.75) is 45.1 Å². The number of thiocarbonyl (C=S) groups is 1. The highest BCUT2D eigenvalue weighted by atomic mass is 32.1. The number of hydrogen-bond donors (Lipinski definition) is 1. The Bertz CT molecular complexity index is 503. The van der Waals surface area contributed by atoms with E-state index in [9.17, 15) is 8.78 Å². The van der Waals surface area contributed by atoms with Crippen molar-refractivity contribution < 1.29 is 8.78 Å². The van der Waals surface area contributed by atoms with Crippen LogP contribution in [0.15, 0.2) is 12.1 Å². The van der Waals surface area contributed by atoms with E-state index in [0.29, 0.717) is 11.7 Å². The number of piperidine rings is 1. The largest absolute Gasteiger partial charge is 0.389 e. The molecule has 1 aromatic rings. The molecule has 20 heavy (non-hydrogen) atoms. The Labute approximate surface area is 123 Å². The molecule has 2 nitrogen and oxygen atoms in total. The molecule has 5 heteroatoms. The van der Waals surface area contributed by atoms with E-state index < -0.39 is 11.6 Å². The standard InChI is InChI=1S/C15H20F2N2S/c1-2-5-10-6-3-4-9-19(10)12-8-7-11(15(18)20)13(16)14(12)17/h7-8,10H,2-6,9H2,1H3,(H2,18,20). The molecule has 0 radical (unpaired) electrons. The van der Waals surface area contributed by atoms with Crippen LogP contribution in [0.1, 0.15) is 44.6 Å². The zero-order valence-electron chi connectivity index (χ0n) is 11.7. The summed E-state index contributed by atoms with van der Waals surface area (Å²) in [6.45, 7) is 2.88. The lowest BCUT2D eigenvalue weighted by molar-refractivity contribution is 0.423. The minimum Gasteiger partial charge on any atom is -0.389 e. The van der Waals surface area contributed by atoms with Crippen molar-refractivity contribution in [3.63, 3.8) is 0 Å². The van der Waals surface area contributed by atoms with E-state index in [1.165, 1.54) is 6.07 Å². The van der Waals surface area contributed by atoms with Crippen molar-refractivity contribution in [1.82, 2.24) is 0 Å². The van der Waals surface area contributed by atoms with Gasteiger partial charge in [0.05, 0.1) is 5.69 Å². The molecule has 1 heterocycles. The topological polar surface area (TPSA) is 29.3 Å². The van der Waals surface area contributed by atoms with Gasteiger partial charge in [0.1, 0.15) is 4.99 Å². The summed E-state index contributed by atoms with van der Waals surface area (Å²) in [7, 11) is 0. The molecule has 0 amide bonds. The first kappa shape index (κ1) is 15.2. The third-order valence-electron chi connectivity index (χ3n) is 3.89. The van der Waals surface area contributed by atoms with Crippen LogP contribution in [0, 0.1) is 11.6 Å². The Hall–Kier alpha value is -1.23. The third kappa shape index (κ3) is 2.92. The van der Waals surface area contributed by atoms with E-state index in [1.54, 1.807) is 6.07 Å². The summed E-state index contributed by atoms with van der Waals surface area (Å²) >= 11 is 4.73. The quantitative estimate of drug-likeness (QED) is 0.858. The molecule has 1 aliphatic heterocycles. The SMILES string of the molecule is CCCC1CCCCN1c1ccc(C(N)=S)c(F)c1F. The van der Waals surface area contributed by atoms with E-state index in [2.05, 4.69) is 6.92 Å². The number of halogens is 2. The van der Waals surface area contributed by atoms with Gasteiger partial charge < -0.3 is 10.6 Å². The smallest absolute Gasteiger partial charge is 0.182 e. The molecular weight excluding hydrogens is 278 g/mol. The maximum Gasteiger partial charge on any atom is 0.182 e. The van der Waals surface area contributed by atoms with Crippen LogP contribution in [0.25, 0.3) is 0 Å². The van der Waals surface area contributed by atoms with Crippen LogP contribution in [-0.2, 0) is 0 Å². The van der Waals surface area contributed by atoms with E-state index in [1.807, 2.05) is 4.90 Å². The third-order valence-corrected chi connectivity index (χ3v) is 4.11. The fourth-order valence-electron chi connectivity index (χ4n) is 2.90. The maximum absolute atomic E-state index is 14.3. The molecule has 0 aromatic heterocycles.